The number of likely N-dealkylation sites (tertiary alicyclic amines) is 1. The maximum atomic E-state index is 5.54. The zero-order valence-electron chi connectivity index (χ0n) is 15.5. The lowest BCUT2D eigenvalue weighted by Crippen LogP contribution is -2.20. The van der Waals surface area contributed by atoms with Crippen LogP contribution in [0.5, 0.6) is 11.5 Å². The first kappa shape index (κ1) is 17.5. The maximum Gasteiger partial charge on any atom is 0.241 e. The maximum absolute atomic E-state index is 5.54. The second-order valence-electron chi connectivity index (χ2n) is 6.58. The minimum atomic E-state index is 0.387. The van der Waals surface area contributed by atoms with Gasteiger partial charge < -0.3 is 14.0 Å². The lowest BCUT2D eigenvalue weighted by molar-refractivity contribution is 0.265. The predicted octanol–water partition coefficient (Wildman–Crippen LogP) is 3.14. The molecule has 140 valence electrons. The molecular weight excluding hydrogens is 344 g/mol. The summed E-state index contributed by atoms with van der Waals surface area (Å²) in [5.41, 5.74) is 2.09. The van der Waals surface area contributed by atoms with Crippen LogP contribution in [0.2, 0.25) is 0 Å². The first-order chi connectivity index (χ1) is 13.3. The van der Waals surface area contributed by atoms with Crippen molar-refractivity contribution >= 4 is 0 Å². The highest BCUT2D eigenvalue weighted by Crippen LogP contribution is 2.36. The summed E-state index contributed by atoms with van der Waals surface area (Å²) < 4.78 is 16.4. The molecule has 0 amide bonds. The van der Waals surface area contributed by atoms with Crippen LogP contribution in [0.15, 0.2) is 47.2 Å². The van der Waals surface area contributed by atoms with Crippen molar-refractivity contribution in [2.75, 3.05) is 27.3 Å². The van der Waals surface area contributed by atoms with Gasteiger partial charge in [-0.2, -0.15) is 4.98 Å². The van der Waals surface area contributed by atoms with Crippen molar-refractivity contribution in [1.29, 1.82) is 0 Å². The Hall–Kier alpha value is -2.93. The van der Waals surface area contributed by atoms with Gasteiger partial charge in [0.2, 0.25) is 11.7 Å². The monoisotopic (exact) mass is 366 g/mol. The van der Waals surface area contributed by atoms with E-state index >= 15 is 0 Å². The standard InChI is InChI=1S/C20H22N4O3/c1-25-16-3-4-18(26-2)17(11-16)15-7-10-24(12-15)13-19-22-20(23-27-19)14-5-8-21-9-6-14/h3-6,8-9,11,15H,7,10,12-13H2,1-2H3. The van der Waals surface area contributed by atoms with Crippen molar-refractivity contribution < 1.29 is 14.0 Å². The first-order valence-corrected chi connectivity index (χ1v) is 8.94. The third kappa shape index (κ3) is 3.78. The summed E-state index contributed by atoms with van der Waals surface area (Å²) in [6.07, 6.45) is 4.49. The zero-order valence-corrected chi connectivity index (χ0v) is 15.5. The Morgan fingerprint density at radius 3 is 2.78 bits per heavy atom. The van der Waals surface area contributed by atoms with Crippen LogP contribution in [0, 0.1) is 0 Å². The van der Waals surface area contributed by atoms with Crippen LogP contribution in [-0.2, 0) is 6.54 Å². The molecule has 1 aromatic carbocycles. The van der Waals surface area contributed by atoms with Gasteiger partial charge in [0.25, 0.3) is 0 Å². The number of ether oxygens (including phenoxy) is 2. The van der Waals surface area contributed by atoms with Gasteiger partial charge in [-0.25, -0.2) is 0 Å². The fourth-order valence-electron chi connectivity index (χ4n) is 3.52. The van der Waals surface area contributed by atoms with E-state index in [0.29, 0.717) is 24.2 Å². The zero-order chi connectivity index (χ0) is 18.6. The minimum absolute atomic E-state index is 0.387. The van der Waals surface area contributed by atoms with Gasteiger partial charge in [-0.15, -0.1) is 0 Å². The summed E-state index contributed by atoms with van der Waals surface area (Å²) in [5, 5.41) is 4.08. The quantitative estimate of drug-likeness (QED) is 0.663. The van der Waals surface area contributed by atoms with E-state index in [9.17, 15) is 0 Å². The molecule has 2 aromatic heterocycles. The van der Waals surface area contributed by atoms with Gasteiger partial charge in [-0.3, -0.25) is 9.88 Å². The van der Waals surface area contributed by atoms with Gasteiger partial charge in [0.1, 0.15) is 11.5 Å². The van der Waals surface area contributed by atoms with Gasteiger partial charge in [0.05, 0.1) is 20.8 Å². The summed E-state index contributed by atoms with van der Waals surface area (Å²) in [6, 6.07) is 9.70. The van der Waals surface area contributed by atoms with E-state index < -0.39 is 0 Å². The molecule has 1 unspecified atom stereocenters. The number of hydrogen-bond acceptors (Lipinski definition) is 7. The topological polar surface area (TPSA) is 73.5 Å². The molecule has 0 bridgehead atoms. The Balaban J connectivity index is 1.44. The molecule has 1 atom stereocenters. The molecule has 0 aliphatic carbocycles. The Kier molecular flexibility index (Phi) is 5.02. The molecule has 0 saturated carbocycles. The van der Waals surface area contributed by atoms with Crippen molar-refractivity contribution in [3.05, 3.63) is 54.2 Å². The van der Waals surface area contributed by atoms with Gasteiger partial charge in [-0.1, -0.05) is 5.16 Å². The molecule has 1 aliphatic rings. The SMILES string of the molecule is COc1ccc(OC)c(C2CCN(Cc3nc(-c4ccncc4)no3)C2)c1. The molecule has 3 heterocycles. The van der Waals surface area contributed by atoms with Gasteiger partial charge in [-0.05, 0) is 43.3 Å². The number of methoxy groups -OCH3 is 2. The number of hydrogen-bond donors (Lipinski definition) is 0. The Labute approximate surface area is 157 Å². The van der Waals surface area contributed by atoms with Crippen LogP contribution in [0.25, 0.3) is 11.4 Å². The van der Waals surface area contributed by atoms with Crippen molar-refractivity contribution in [2.24, 2.45) is 0 Å². The molecule has 1 aliphatic heterocycles. The Bertz CT molecular complexity index is 897. The third-order valence-electron chi connectivity index (χ3n) is 4.91. The highest BCUT2D eigenvalue weighted by Gasteiger charge is 2.27. The molecule has 7 nitrogen and oxygen atoms in total. The summed E-state index contributed by atoms with van der Waals surface area (Å²) >= 11 is 0. The number of aromatic nitrogens is 3. The molecule has 3 aromatic rings. The minimum Gasteiger partial charge on any atom is -0.497 e. The first-order valence-electron chi connectivity index (χ1n) is 8.94. The van der Waals surface area contributed by atoms with Gasteiger partial charge in [0.15, 0.2) is 0 Å². The van der Waals surface area contributed by atoms with Crippen LogP contribution < -0.4 is 9.47 Å². The van der Waals surface area contributed by atoms with Crippen molar-refractivity contribution in [3.8, 4) is 22.9 Å². The molecule has 0 spiro atoms. The van der Waals surface area contributed by atoms with Crippen LogP contribution >= 0.6 is 0 Å². The second-order valence-corrected chi connectivity index (χ2v) is 6.58. The highest BCUT2D eigenvalue weighted by molar-refractivity contribution is 5.52. The average molecular weight is 366 g/mol. The number of rotatable bonds is 6. The highest BCUT2D eigenvalue weighted by atomic mass is 16.5. The van der Waals surface area contributed by atoms with E-state index in [2.05, 4.69) is 26.1 Å². The van der Waals surface area contributed by atoms with E-state index in [1.54, 1.807) is 26.6 Å². The molecule has 0 N–H and O–H groups in total. The van der Waals surface area contributed by atoms with E-state index in [1.165, 1.54) is 5.56 Å². The Morgan fingerprint density at radius 1 is 1.15 bits per heavy atom. The van der Waals surface area contributed by atoms with Crippen LogP contribution in [0.1, 0.15) is 23.8 Å². The molecule has 1 fully saturated rings. The average Bonchev–Trinajstić information content (AvgIpc) is 3.38. The largest absolute Gasteiger partial charge is 0.497 e. The van der Waals surface area contributed by atoms with E-state index in [1.807, 2.05) is 24.3 Å². The lowest BCUT2D eigenvalue weighted by atomic mass is 9.97. The van der Waals surface area contributed by atoms with E-state index in [4.69, 9.17) is 14.0 Å². The molecule has 0 radical (unpaired) electrons. The molecular formula is C20H22N4O3. The summed E-state index contributed by atoms with van der Waals surface area (Å²) in [6.45, 7) is 2.52. The molecule has 27 heavy (non-hydrogen) atoms. The van der Waals surface area contributed by atoms with Gasteiger partial charge >= 0.3 is 0 Å². The fraction of sp³-hybridized carbons (Fsp3) is 0.350. The lowest BCUT2D eigenvalue weighted by Gasteiger charge is -2.17. The summed E-state index contributed by atoms with van der Waals surface area (Å²) in [7, 11) is 3.39. The molecule has 4 rings (SSSR count). The van der Waals surface area contributed by atoms with Crippen molar-refractivity contribution in [1.82, 2.24) is 20.0 Å². The Morgan fingerprint density at radius 2 is 2.00 bits per heavy atom. The van der Waals surface area contributed by atoms with Crippen molar-refractivity contribution in [2.45, 2.75) is 18.9 Å². The second kappa shape index (κ2) is 7.75. The van der Waals surface area contributed by atoms with Gasteiger partial charge in [0, 0.05) is 36.0 Å². The molecule has 7 heteroatoms. The summed E-state index contributed by atoms with van der Waals surface area (Å²) in [5.74, 6) is 3.36. The van der Waals surface area contributed by atoms with E-state index in [-0.39, 0.29) is 0 Å². The number of nitrogens with zero attached hydrogens (tertiary/aromatic N) is 4. The predicted molar refractivity (Wildman–Crippen MR) is 99.7 cm³/mol. The summed E-state index contributed by atoms with van der Waals surface area (Å²) in [4.78, 5) is 10.8. The van der Waals surface area contributed by atoms with Crippen LogP contribution in [0.3, 0.4) is 0 Å². The molecule has 1 saturated heterocycles. The number of benzene rings is 1. The van der Waals surface area contributed by atoms with E-state index in [0.717, 1.165) is 36.6 Å². The fourth-order valence-corrected chi connectivity index (χ4v) is 3.52. The van der Waals surface area contributed by atoms with Crippen LogP contribution in [0.4, 0.5) is 0 Å². The smallest absolute Gasteiger partial charge is 0.241 e. The van der Waals surface area contributed by atoms with Crippen LogP contribution in [-0.4, -0.2) is 47.3 Å². The third-order valence-corrected chi connectivity index (χ3v) is 4.91. The number of pyridine rings is 1. The van der Waals surface area contributed by atoms with Crippen molar-refractivity contribution in [3.63, 3.8) is 0 Å². The normalized spacial score (nSPS) is 17.2.